The van der Waals surface area contributed by atoms with Crippen molar-refractivity contribution < 1.29 is 0 Å². The van der Waals surface area contributed by atoms with Gasteiger partial charge in [0.15, 0.2) is 0 Å². The van der Waals surface area contributed by atoms with Crippen LogP contribution in [0.15, 0.2) is 29.0 Å². The third-order valence-electron chi connectivity index (χ3n) is 2.58. The average molecular weight is 293 g/mol. The number of nitrogens with zero attached hydrogens (tertiary/aromatic N) is 2. The molecule has 3 N–H and O–H groups in total. The van der Waals surface area contributed by atoms with Crippen LogP contribution in [0.2, 0.25) is 0 Å². The second-order valence-electron chi connectivity index (χ2n) is 3.82. The van der Waals surface area contributed by atoms with Gasteiger partial charge in [0.1, 0.15) is 18.0 Å². The highest BCUT2D eigenvalue weighted by Gasteiger charge is 2.06. The Morgan fingerprint density at radius 1 is 1.24 bits per heavy atom. The van der Waals surface area contributed by atoms with E-state index in [-0.39, 0.29) is 0 Å². The molecule has 0 atom stereocenters. The molecule has 0 unspecified atom stereocenters. The number of benzene rings is 1. The Labute approximate surface area is 108 Å². The molecule has 0 amide bonds. The predicted octanol–water partition coefficient (Wildman–Crippen LogP) is 3.18. The quantitative estimate of drug-likeness (QED) is 0.892. The van der Waals surface area contributed by atoms with E-state index in [4.69, 9.17) is 5.73 Å². The van der Waals surface area contributed by atoms with Gasteiger partial charge in [-0.25, -0.2) is 9.97 Å². The van der Waals surface area contributed by atoms with Crippen molar-refractivity contribution in [2.45, 2.75) is 13.8 Å². The van der Waals surface area contributed by atoms with Crippen molar-refractivity contribution in [3.8, 4) is 0 Å². The monoisotopic (exact) mass is 292 g/mol. The molecule has 88 valence electrons. The van der Waals surface area contributed by atoms with Gasteiger partial charge in [0.25, 0.3) is 0 Å². The highest BCUT2D eigenvalue weighted by Crippen LogP contribution is 2.25. The Balaban J connectivity index is 2.38. The molecule has 2 rings (SSSR count). The molecule has 0 bridgehead atoms. The van der Waals surface area contributed by atoms with Crippen LogP contribution in [0.1, 0.15) is 11.1 Å². The predicted molar refractivity (Wildman–Crippen MR) is 73.3 cm³/mol. The van der Waals surface area contributed by atoms with Crippen LogP contribution in [0.4, 0.5) is 17.3 Å². The molecule has 2 aromatic rings. The first-order valence-corrected chi connectivity index (χ1v) is 5.97. The van der Waals surface area contributed by atoms with Gasteiger partial charge in [-0.2, -0.15) is 0 Å². The highest BCUT2D eigenvalue weighted by molar-refractivity contribution is 9.10. The van der Waals surface area contributed by atoms with Crippen LogP contribution in [-0.2, 0) is 0 Å². The molecule has 5 heteroatoms. The zero-order valence-corrected chi connectivity index (χ0v) is 11.2. The zero-order chi connectivity index (χ0) is 12.4. The van der Waals surface area contributed by atoms with Gasteiger partial charge in [-0.3, -0.25) is 0 Å². The Morgan fingerprint density at radius 2 is 2.00 bits per heavy atom. The Kier molecular flexibility index (Phi) is 3.28. The molecular formula is C12H13BrN4. The molecule has 0 fully saturated rings. The largest absolute Gasteiger partial charge is 0.383 e. The zero-order valence-electron chi connectivity index (χ0n) is 9.66. The summed E-state index contributed by atoms with van der Waals surface area (Å²) < 4.78 is 1.02. The van der Waals surface area contributed by atoms with Crippen LogP contribution < -0.4 is 11.1 Å². The van der Waals surface area contributed by atoms with Crippen molar-refractivity contribution in [1.82, 2.24) is 9.97 Å². The van der Waals surface area contributed by atoms with E-state index in [1.165, 1.54) is 6.33 Å². The number of nitrogens with two attached hydrogens (primary N) is 1. The van der Waals surface area contributed by atoms with Gasteiger partial charge >= 0.3 is 0 Å². The molecule has 17 heavy (non-hydrogen) atoms. The van der Waals surface area contributed by atoms with E-state index in [0.717, 1.165) is 27.1 Å². The maximum atomic E-state index is 5.74. The van der Waals surface area contributed by atoms with E-state index in [2.05, 4.69) is 31.2 Å². The van der Waals surface area contributed by atoms with E-state index in [1.54, 1.807) is 0 Å². The van der Waals surface area contributed by atoms with Crippen LogP contribution in [-0.4, -0.2) is 9.97 Å². The lowest BCUT2D eigenvalue weighted by Crippen LogP contribution is -2.02. The van der Waals surface area contributed by atoms with Crippen molar-refractivity contribution in [3.63, 3.8) is 0 Å². The first kappa shape index (κ1) is 11.9. The Hall–Kier alpha value is -1.62. The molecule has 1 aromatic carbocycles. The SMILES string of the molecule is Cc1ccc(Br)cc1Nc1ncnc(N)c1C. The first-order valence-electron chi connectivity index (χ1n) is 5.18. The fourth-order valence-corrected chi connectivity index (χ4v) is 1.81. The number of halogens is 1. The smallest absolute Gasteiger partial charge is 0.138 e. The minimum absolute atomic E-state index is 0.496. The maximum absolute atomic E-state index is 5.74. The number of hydrogen-bond donors (Lipinski definition) is 2. The number of aryl methyl sites for hydroxylation is 1. The van der Waals surface area contributed by atoms with Crippen molar-refractivity contribution in [1.29, 1.82) is 0 Å². The number of nitrogen functional groups attached to an aromatic ring is 1. The molecular weight excluding hydrogens is 280 g/mol. The first-order chi connectivity index (χ1) is 8.08. The third kappa shape index (κ3) is 2.55. The summed E-state index contributed by atoms with van der Waals surface area (Å²) in [4.78, 5) is 8.13. The lowest BCUT2D eigenvalue weighted by Gasteiger charge is -2.11. The van der Waals surface area contributed by atoms with Gasteiger partial charge < -0.3 is 11.1 Å². The van der Waals surface area contributed by atoms with Crippen LogP contribution in [0.3, 0.4) is 0 Å². The van der Waals surface area contributed by atoms with Crippen LogP contribution in [0, 0.1) is 13.8 Å². The summed E-state index contributed by atoms with van der Waals surface area (Å²) in [6.45, 7) is 3.93. The number of nitrogens with one attached hydrogen (secondary N) is 1. The summed E-state index contributed by atoms with van der Waals surface area (Å²) >= 11 is 3.45. The average Bonchev–Trinajstić information content (AvgIpc) is 2.30. The van der Waals surface area contributed by atoms with E-state index >= 15 is 0 Å². The molecule has 4 nitrogen and oxygen atoms in total. The summed E-state index contributed by atoms with van der Waals surface area (Å²) in [6.07, 6.45) is 1.46. The fraction of sp³-hybridized carbons (Fsp3) is 0.167. The molecule has 1 aromatic heterocycles. The van der Waals surface area contributed by atoms with E-state index in [0.29, 0.717) is 5.82 Å². The van der Waals surface area contributed by atoms with Crippen LogP contribution >= 0.6 is 15.9 Å². The van der Waals surface area contributed by atoms with Crippen molar-refractivity contribution in [2.24, 2.45) is 0 Å². The second kappa shape index (κ2) is 4.71. The fourth-order valence-electron chi connectivity index (χ4n) is 1.45. The van der Waals surface area contributed by atoms with Crippen molar-refractivity contribution in [3.05, 3.63) is 40.1 Å². The van der Waals surface area contributed by atoms with Crippen LogP contribution in [0.5, 0.6) is 0 Å². The van der Waals surface area contributed by atoms with Gasteiger partial charge in [-0.05, 0) is 31.5 Å². The van der Waals surface area contributed by atoms with Crippen molar-refractivity contribution in [2.75, 3.05) is 11.1 Å². The molecule has 0 aliphatic rings. The maximum Gasteiger partial charge on any atom is 0.138 e. The summed E-state index contributed by atoms with van der Waals surface area (Å²) in [5.41, 5.74) is 8.74. The summed E-state index contributed by atoms with van der Waals surface area (Å²) in [5, 5.41) is 3.26. The van der Waals surface area contributed by atoms with Gasteiger partial charge in [0.05, 0.1) is 0 Å². The Bertz CT molecular complexity index is 554. The van der Waals surface area contributed by atoms with E-state index in [9.17, 15) is 0 Å². The molecule has 0 aliphatic carbocycles. The summed E-state index contributed by atoms with van der Waals surface area (Å²) in [5.74, 6) is 1.23. The van der Waals surface area contributed by atoms with E-state index in [1.807, 2.05) is 32.0 Å². The lowest BCUT2D eigenvalue weighted by atomic mass is 10.2. The summed E-state index contributed by atoms with van der Waals surface area (Å²) in [6, 6.07) is 6.04. The minimum Gasteiger partial charge on any atom is -0.383 e. The van der Waals surface area contributed by atoms with Crippen LogP contribution in [0.25, 0.3) is 0 Å². The third-order valence-corrected chi connectivity index (χ3v) is 3.07. The lowest BCUT2D eigenvalue weighted by molar-refractivity contribution is 1.14. The minimum atomic E-state index is 0.496. The molecule has 0 radical (unpaired) electrons. The number of anilines is 3. The van der Waals surface area contributed by atoms with Crippen molar-refractivity contribution >= 4 is 33.3 Å². The highest BCUT2D eigenvalue weighted by atomic mass is 79.9. The normalized spacial score (nSPS) is 10.3. The molecule has 0 saturated heterocycles. The standard InChI is InChI=1S/C12H13BrN4/c1-7-3-4-9(13)5-10(7)17-12-8(2)11(14)15-6-16-12/h3-6H,1-2H3,(H3,14,15,16,17). The van der Waals surface area contributed by atoms with E-state index < -0.39 is 0 Å². The number of aromatic nitrogens is 2. The number of rotatable bonds is 2. The van der Waals surface area contributed by atoms with Gasteiger partial charge in [0, 0.05) is 15.7 Å². The molecule has 0 spiro atoms. The summed E-state index contributed by atoms with van der Waals surface area (Å²) in [7, 11) is 0. The Morgan fingerprint density at radius 3 is 2.76 bits per heavy atom. The second-order valence-corrected chi connectivity index (χ2v) is 4.73. The molecule has 0 saturated carbocycles. The van der Waals surface area contributed by atoms with Gasteiger partial charge in [-0.15, -0.1) is 0 Å². The van der Waals surface area contributed by atoms with Gasteiger partial charge in [0.2, 0.25) is 0 Å². The number of hydrogen-bond acceptors (Lipinski definition) is 4. The molecule has 1 heterocycles. The molecule has 0 aliphatic heterocycles. The van der Waals surface area contributed by atoms with Gasteiger partial charge in [-0.1, -0.05) is 22.0 Å². The topological polar surface area (TPSA) is 63.8 Å².